The molecule has 0 spiro atoms. The van der Waals surface area contributed by atoms with E-state index in [4.69, 9.17) is 15.2 Å². The van der Waals surface area contributed by atoms with Crippen LogP contribution in [-0.4, -0.2) is 25.9 Å². The van der Waals surface area contributed by atoms with Crippen molar-refractivity contribution in [3.8, 4) is 5.75 Å². The molecule has 1 aromatic carbocycles. The fraction of sp³-hybridized carbons (Fsp3) is 0.625. The normalized spacial score (nSPS) is 28.4. The van der Waals surface area contributed by atoms with Gasteiger partial charge in [0.05, 0.1) is 19.8 Å². The van der Waals surface area contributed by atoms with Gasteiger partial charge < -0.3 is 15.2 Å². The quantitative estimate of drug-likeness (QED) is 0.905. The molecule has 0 aromatic heterocycles. The van der Waals surface area contributed by atoms with Crippen LogP contribution in [0.3, 0.4) is 0 Å². The lowest BCUT2D eigenvalue weighted by Crippen LogP contribution is -2.58. The van der Waals surface area contributed by atoms with E-state index in [-0.39, 0.29) is 5.41 Å². The van der Waals surface area contributed by atoms with Crippen molar-refractivity contribution in [3.05, 3.63) is 29.3 Å². The highest BCUT2D eigenvalue weighted by Gasteiger charge is 2.51. The fourth-order valence-electron chi connectivity index (χ4n) is 3.35. The van der Waals surface area contributed by atoms with Gasteiger partial charge in [-0.2, -0.15) is 0 Å². The molecule has 0 unspecified atom stereocenters. The molecule has 2 fully saturated rings. The highest BCUT2D eigenvalue weighted by Crippen LogP contribution is 2.48. The fourth-order valence-corrected chi connectivity index (χ4v) is 3.35. The third kappa shape index (κ3) is 2.05. The predicted octanol–water partition coefficient (Wildman–Crippen LogP) is 2.40. The molecule has 3 nitrogen and oxygen atoms in total. The van der Waals surface area contributed by atoms with E-state index < -0.39 is 0 Å². The summed E-state index contributed by atoms with van der Waals surface area (Å²) in [5.41, 5.74) is 8.79. The van der Waals surface area contributed by atoms with E-state index in [0.717, 1.165) is 31.8 Å². The Kier molecular flexibility index (Phi) is 3.27. The molecule has 0 amide bonds. The lowest BCUT2D eigenvalue weighted by molar-refractivity contribution is -0.111. The summed E-state index contributed by atoms with van der Waals surface area (Å²) in [4.78, 5) is 0. The zero-order valence-electron chi connectivity index (χ0n) is 11.8. The van der Waals surface area contributed by atoms with E-state index in [2.05, 4.69) is 25.1 Å². The van der Waals surface area contributed by atoms with Crippen LogP contribution in [0.5, 0.6) is 5.75 Å². The van der Waals surface area contributed by atoms with Gasteiger partial charge in [0, 0.05) is 11.5 Å². The van der Waals surface area contributed by atoms with E-state index in [1.54, 1.807) is 0 Å². The first kappa shape index (κ1) is 12.9. The summed E-state index contributed by atoms with van der Waals surface area (Å²) < 4.78 is 11.2. The SMILES string of the molecule is CCOc1ccc(C2(C3CC(N)C3)COC2)cc1C. The third-order valence-electron chi connectivity index (χ3n) is 4.72. The molecule has 104 valence electrons. The predicted molar refractivity (Wildman–Crippen MR) is 75.5 cm³/mol. The monoisotopic (exact) mass is 261 g/mol. The molecule has 1 saturated heterocycles. The number of hydrogen-bond acceptors (Lipinski definition) is 3. The van der Waals surface area contributed by atoms with Gasteiger partial charge >= 0.3 is 0 Å². The van der Waals surface area contributed by atoms with Crippen molar-refractivity contribution < 1.29 is 9.47 Å². The summed E-state index contributed by atoms with van der Waals surface area (Å²) in [5, 5.41) is 0. The van der Waals surface area contributed by atoms with Gasteiger partial charge in [0.1, 0.15) is 5.75 Å². The molecule has 1 saturated carbocycles. The number of hydrogen-bond donors (Lipinski definition) is 1. The summed E-state index contributed by atoms with van der Waals surface area (Å²) in [6.07, 6.45) is 2.27. The van der Waals surface area contributed by atoms with Gasteiger partial charge in [0.15, 0.2) is 0 Å². The maximum atomic E-state index is 5.96. The van der Waals surface area contributed by atoms with E-state index in [0.29, 0.717) is 18.6 Å². The topological polar surface area (TPSA) is 44.5 Å². The van der Waals surface area contributed by atoms with Crippen molar-refractivity contribution in [2.75, 3.05) is 19.8 Å². The van der Waals surface area contributed by atoms with E-state index in [9.17, 15) is 0 Å². The molecule has 0 bridgehead atoms. The zero-order chi connectivity index (χ0) is 13.5. The minimum absolute atomic E-state index is 0.214. The molecule has 3 heteroatoms. The molecule has 0 atom stereocenters. The number of nitrogens with two attached hydrogens (primary N) is 1. The first-order valence-electron chi connectivity index (χ1n) is 7.23. The molecular formula is C16H23NO2. The molecule has 2 aliphatic rings. The van der Waals surface area contributed by atoms with Crippen molar-refractivity contribution in [2.45, 2.75) is 38.1 Å². The van der Waals surface area contributed by atoms with Crippen LogP contribution in [0.25, 0.3) is 0 Å². The van der Waals surface area contributed by atoms with Crippen LogP contribution in [0.15, 0.2) is 18.2 Å². The number of aryl methyl sites for hydroxylation is 1. The Morgan fingerprint density at radius 1 is 1.37 bits per heavy atom. The van der Waals surface area contributed by atoms with Crippen molar-refractivity contribution >= 4 is 0 Å². The van der Waals surface area contributed by atoms with Crippen LogP contribution in [0.1, 0.15) is 30.9 Å². The van der Waals surface area contributed by atoms with Crippen LogP contribution in [0.2, 0.25) is 0 Å². The molecule has 1 heterocycles. The van der Waals surface area contributed by atoms with E-state index in [1.165, 1.54) is 11.1 Å². The molecule has 1 aromatic rings. The molecule has 2 N–H and O–H groups in total. The van der Waals surface area contributed by atoms with Crippen molar-refractivity contribution in [3.63, 3.8) is 0 Å². The Bertz CT molecular complexity index is 462. The lowest BCUT2D eigenvalue weighted by Gasteiger charge is -2.53. The summed E-state index contributed by atoms with van der Waals surface area (Å²) >= 11 is 0. The van der Waals surface area contributed by atoms with Gasteiger partial charge in [-0.15, -0.1) is 0 Å². The second kappa shape index (κ2) is 4.80. The average Bonchev–Trinajstić information content (AvgIpc) is 2.29. The van der Waals surface area contributed by atoms with Crippen LogP contribution in [0.4, 0.5) is 0 Å². The van der Waals surface area contributed by atoms with E-state index in [1.807, 2.05) is 6.92 Å². The molecule has 1 aliphatic carbocycles. The molecule has 19 heavy (non-hydrogen) atoms. The number of rotatable bonds is 4. The summed E-state index contributed by atoms with van der Waals surface area (Å²) in [6, 6.07) is 6.99. The maximum Gasteiger partial charge on any atom is 0.122 e. The van der Waals surface area contributed by atoms with Crippen LogP contribution < -0.4 is 10.5 Å². The Morgan fingerprint density at radius 3 is 2.58 bits per heavy atom. The third-order valence-corrected chi connectivity index (χ3v) is 4.72. The minimum atomic E-state index is 0.214. The Balaban J connectivity index is 1.86. The van der Waals surface area contributed by atoms with Crippen LogP contribution >= 0.6 is 0 Å². The molecule has 3 rings (SSSR count). The standard InChI is InChI=1S/C16H23NO2/c1-3-19-15-5-4-12(6-11(15)2)16(9-18-10-16)13-7-14(17)8-13/h4-6,13-14H,3,7-10,17H2,1-2H3. The van der Waals surface area contributed by atoms with Crippen molar-refractivity contribution in [1.82, 2.24) is 0 Å². The van der Waals surface area contributed by atoms with Gasteiger partial charge in [0.25, 0.3) is 0 Å². The Morgan fingerprint density at radius 2 is 2.11 bits per heavy atom. The molecule has 0 radical (unpaired) electrons. The minimum Gasteiger partial charge on any atom is -0.494 e. The van der Waals surface area contributed by atoms with Crippen molar-refractivity contribution in [1.29, 1.82) is 0 Å². The van der Waals surface area contributed by atoms with Gasteiger partial charge in [-0.25, -0.2) is 0 Å². The largest absolute Gasteiger partial charge is 0.494 e. The highest BCUT2D eigenvalue weighted by atomic mass is 16.5. The second-order valence-corrected chi connectivity index (χ2v) is 5.99. The first-order valence-corrected chi connectivity index (χ1v) is 7.23. The zero-order valence-corrected chi connectivity index (χ0v) is 11.8. The second-order valence-electron chi connectivity index (χ2n) is 5.99. The van der Waals surface area contributed by atoms with E-state index >= 15 is 0 Å². The average molecular weight is 261 g/mol. The maximum absolute atomic E-state index is 5.96. The summed E-state index contributed by atoms with van der Waals surface area (Å²) in [7, 11) is 0. The van der Waals surface area contributed by atoms with Gasteiger partial charge in [-0.1, -0.05) is 12.1 Å². The summed E-state index contributed by atoms with van der Waals surface area (Å²) in [6.45, 7) is 6.54. The van der Waals surface area contributed by atoms with Gasteiger partial charge in [-0.3, -0.25) is 0 Å². The Hall–Kier alpha value is -1.06. The highest BCUT2D eigenvalue weighted by molar-refractivity contribution is 5.41. The first-order chi connectivity index (χ1) is 9.15. The molecular weight excluding hydrogens is 238 g/mol. The van der Waals surface area contributed by atoms with Gasteiger partial charge in [0.2, 0.25) is 0 Å². The summed E-state index contributed by atoms with van der Waals surface area (Å²) in [5.74, 6) is 1.68. The molecule has 1 aliphatic heterocycles. The van der Waals surface area contributed by atoms with Crippen LogP contribution in [-0.2, 0) is 10.2 Å². The van der Waals surface area contributed by atoms with Gasteiger partial charge in [-0.05, 0) is 49.8 Å². The number of ether oxygens (including phenoxy) is 2. The Labute approximate surface area is 115 Å². The lowest BCUT2D eigenvalue weighted by atomic mass is 9.59. The smallest absolute Gasteiger partial charge is 0.122 e. The van der Waals surface area contributed by atoms with Crippen LogP contribution in [0, 0.1) is 12.8 Å². The van der Waals surface area contributed by atoms with Crippen molar-refractivity contribution in [2.24, 2.45) is 11.7 Å². The number of benzene rings is 1.